The highest BCUT2D eigenvalue weighted by Gasteiger charge is 2.44. The summed E-state index contributed by atoms with van der Waals surface area (Å²) in [6.45, 7) is 8.37. The maximum atomic E-state index is 11.5. The van der Waals surface area contributed by atoms with Crippen molar-refractivity contribution in [2.75, 3.05) is 0 Å². The number of nitrogens with one attached hydrogen (secondary N) is 2. The minimum atomic E-state index is -0.434. The molecule has 4 atom stereocenters. The Labute approximate surface area is 211 Å². The summed E-state index contributed by atoms with van der Waals surface area (Å²) in [6.07, 6.45) is 12.2. The van der Waals surface area contributed by atoms with Crippen LogP contribution in [0, 0.1) is 11.8 Å². The van der Waals surface area contributed by atoms with Gasteiger partial charge in [0.05, 0.1) is 11.1 Å². The SMILES string of the molecule is C/C=C1\[C@H]2C=C(C)C[C@]1(N)c1ccc(=O)[nH]c1C2.C/C=C1\[C@H]2C=C(C)C[C@]1(N)c1ccc(=O)[nH]c1C2. The molecular formula is C30H36N4O2. The molecule has 188 valence electrons. The maximum absolute atomic E-state index is 11.5. The Hall–Kier alpha value is -3.22. The monoisotopic (exact) mass is 484 g/mol. The molecule has 6 N–H and O–H groups in total. The summed E-state index contributed by atoms with van der Waals surface area (Å²) in [6, 6.07) is 6.95. The third kappa shape index (κ3) is 3.80. The standard InChI is InChI=1S/2C15H18N2O/c2*1-3-11-10-6-9(2)8-15(11,16)12-4-5-14(18)17-13(12)7-10/h2*3-6,10H,7-8,16H2,1-2H3,(H,17,18)/b2*11-3+/t2*10-,15+/m00/s1. The lowest BCUT2D eigenvalue weighted by Crippen LogP contribution is -2.48. The Kier molecular flexibility index (Phi) is 5.92. The van der Waals surface area contributed by atoms with Crippen molar-refractivity contribution < 1.29 is 0 Å². The Bertz CT molecular complexity index is 1360. The van der Waals surface area contributed by atoms with Crippen LogP contribution in [0.2, 0.25) is 0 Å². The molecule has 0 aromatic carbocycles. The van der Waals surface area contributed by atoms with E-state index in [0.29, 0.717) is 11.8 Å². The Morgan fingerprint density at radius 1 is 0.750 bits per heavy atom. The summed E-state index contributed by atoms with van der Waals surface area (Å²) >= 11 is 0. The number of hydrogen-bond acceptors (Lipinski definition) is 4. The van der Waals surface area contributed by atoms with Gasteiger partial charge in [-0.2, -0.15) is 0 Å². The fourth-order valence-corrected chi connectivity index (χ4v) is 7.14. The third-order valence-electron chi connectivity index (χ3n) is 8.35. The second-order valence-electron chi connectivity index (χ2n) is 10.9. The van der Waals surface area contributed by atoms with Crippen LogP contribution in [0.3, 0.4) is 0 Å². The molecule has 4 bridgehead atoms. The molecule has 4 aliphatic rings. The van der Waals surface area contributed by atoms with Crippen LogP contribution in [0.15, 0.2) is 80.5 Å². The molecule has 0 saturated heterocycles. The van der Waals surface area contributed by atoms with Crippen molar-refractivity contribution in [1.29, 1.82) is 0 Å². The van der Waals surface area contributed by atoms with E-state index in [1.807, 2.05) is 12.1 Å². The van der Waals surface area contributed by atoms with E-state index in [1.165, 1.54) is 22.3 Å². The van der Waals surface area contributed by atoms with Crippen molar-refractivity contribution in [3.8, 4) is 0 Å². The van der Waals surface area contributed by atoms with Crippen molar-refractivity contribution in [3.63, 3.8) is 0 Å². The Balaban J connectivity index is 0.000000148. The molecule has 2 aromatic rings. The van der Waals surface area contributed by atoms with Gasteiger partial charge in [0.25, 0.3) is 0 Å². The van der Waals surface area contributed by atoms with Crippen LogP contribution in [-0.4, -0.2) is 9.97 Å². The number of nitrogens with two attached hydrogens (primary N) is 2. The van der Waals surface area contributed by atoms with E-state index < -0.39 is 11.1 Å². The molecule has 4 aliphatic carbocycles. The quantitative estimate of drug-likeness (QED) is 0.423. The first kappa shape index (κ1) is 24.5. The first-order chi connectivity index (χ1) is 17.1. The van der Waals surface area contributed by atoms with Crippen LogP contribution in [0.5, 0.6) is 0 Å². The number of hydrogen-bond donors (Lipinski definition) is 4. The Morgan fingerprint density at radius 3 is 1.50 bits per heavy atom. The number of allylic oxidation sites excluding steroid dienone is 4. The predicted molar refractivity (Wildman–Crippen MR) is 145 cm³/mol. The highest BCUT2D eigenvalue weighted by atomic mass is 16.1. The number of aromatic nitrogens is 2. The molecule has 0 radical (unpaired) electrons. The summed E-state index contributed by atoms with van der Waals surface area (Å²) in [5.41, 5.74) is 21.8. The molecule has 6 rings (SSSR count). The zero-order chi connectivity index (χ0) is 25.8. The van der Waals surface area contributed by atoms with Crippen LogP contribution in [-0.2, 0) is 23.9 Å². The molecule has 0 aliphatic heterocycles. The average molecular weight is 485 g/mol. The predicted octanol–water partition coefficient (Wildman–Crippen LogP) is 4.00. The Morgan fingerprint density at radius 2 is 1.14 bits per heavy atom. The molecule has 0 fully saturated rings. The molecule has 2 heterocycles. The molecule has 2 aromatic heterocycles. The van der Waals surface area contributed by atoms with Gasteiger partial charge in [0, 0.05) is 35.4 Å². The van der Waals surface area contributed by atoms with E-state index in [4.69, 9.17) is 11.5 Å². The number of aromatic amines is 2. The van der Waals surface area contributed by atoms with E-state index in [1.54, 1.807) is 12.1 Å². The fraction of sp³-hybridized carbons (Fsp3) is 0.400. The van der Waals surface area contributed by atoms with Gasteiger partial charge in [0.1, 0.15) is 0 Å². The summed E-state index contributed by atoms with van der Waals surface area (Å²) in [4.78, 5) is 28.8. The summed E-state index contributed by atoms with van der Waals surface area (Å²) < 4.78 is 0. The van der Waals surface area contributed by atoms with Gasteiger partial charge in [-0.25, -0.2) is 0 Å². The number of rotatable bonds is 0. The van der Waals surface area contributed by atoms with Crippen LogP contribution in [0.4, 0.5) is 0 Å². The van der Waals surface area contributed by atoms with E-state index in [-0.39, 0.29) is 11.1 Å². The van der Waals surface area contributed by atoms with Gasteiger partial charge in [-0.3, -0.25) is 9.59 Å². The second kappa shape index (κ2) is 8.71. The van der Waals surface area contributed by atoms with Crippen LogP contribution in [0.25, 0.3) is 0 Å². The van der Waals surface area contributed by atoms with Crippen molar-refractivity contribution >= 4 is 0 Å². The zero-order valence-electron chi connectivity index (χ0n) is 21.6. The zero-order valence-corrected chi connectivity index (χ0v) is 21.6. The molecule has 0 spiro atoms. The highest BCUT2D eigenvalue weighted by molar-refractivity contribution is 5.50. The first-order valence-electron chi connectivity index (χ1n) is 12.8. The molecule has 6 heteroatoms. The van der Waals surface area contributed by atoms with Gasteiger partial charge in [-0.05, 0) is 87.8 Å². The van der Waals surface area contributed by atoms with E-state index in [0.717, 1.165) is 48.2 Å². The highest BCUT2D eigenvalue weighted by Crippen LogP contribution is 2.48. The first-order valence-corrected chi connectivity index (χ1v) is 12.8. The molecule has 36 heavy (non-hydrogen) atoms. The minimum Gasteiger partial charge on any atom is -0.326 e. The minimum absolute atomic E-state index is 0.0416. The number of H-pyrrole nitrogens is 2. The van der Waals surface area contributed by atoms with E-state index in [9.17, 15) is 9.59 Å². The largest absolute Gasteiger partial charge is 0.326 e. The third-order valence-corrected chi connectivity index (χ3v) is 8.35. The van der Waals surface area contributed by atoms with Crippen LogP contribution < -0.4 is 22.6 Å². The van der Waals surface area contributed by atoms with Gasteiger partial charge in [-0.15, -0.1) is 0 Å². The lowest BCUT2D eigenvalue weighted by molar-refractivity contribution is 0.409. The lowest BCUT2D eigenvalue weighted by Gasteiger charge is -2.45. The maximum Gasteiger partial charge on any atom is 0.248 e. The molecule has 0 unspecified atom stereocenters. The van der Waals surface area contributed by atoms with Crippen LogP contribution >= 0.6 is 0 Å². The lowest BCUT2D eigenvalue weighted by atomic mass is 9.63. The molecular weight excluding hydrogens is 448 g/mol. The number of pyridine rings is 2. The van der Waals surface area contributed by atoms with E-state index >= 15 is 0 Å². The molecule has 0 amide bonds. The average Bonchev–Trinajstić information content (AvgIpc) is 2.77. The van der Waals surface area contributed by atoms with Crippen molar-refractivity contribution in [2.24, 2.45) is 23.3 Å². The normalized spacial score (nSPS) is 32.1. The van der Waals surface area contributed by atoms with Crippen molar-refractivity contribution in [3.05, 3.63) is 114 Å². The van der Waals surface area contributed by atoms with Crippen molar-refractivity contribution in [1.82, 2.24) is 9.97 Å². The fourth-order valence-electron chi connectivity index (χ4n) is 7.14. The van der Waals surface area contributed by atoms with Gasteiger partial charge in [0.2, 0.25) is 11.1 Å². The summed E-state index contributed by atoms with van der Waals surface area (Å²) in [5.74, 6) is 0.665. The number of fused-ring (bicyclic) bond motifs is 8. The van der Waals surface area contributed by atoms with Gasteiger partial charge in [-0.1, -0.05) is 35.5 Å². The van der Waals surface area contributed by atoms with Crippen LogP contribution in [0.1, 0.15) is 63.1 Å². The smallest absolute Gasteiger partial charge is 0.248 e. The second-order valence-corrected chi connectivity index (χ2v) is 10.9. The molecule has 0 saturated carbocycles. The van der Waals surface area contributed by atoms with Gasteiger partial charge in [0.15, 0.2) is 0 Å². The van der Waals surface area contributed by atoms with Gasteiger partial charge >= 0.3 is 0 Å². The van der Waals surface area contributed by atoms with Crippen molar-refractivity contribution in [2.45, 2.75) is 64.5 Å². The summed E-state index contributed by atoms with van der Waals surface area (Å²) in [5, 5.41) is 0. The van der Waals surface area contributed by atoms with Gasteiger partial charge < -0.3 is 21.4 Å². The topological polar surface area (TPSA) is 118 Å². The summed E-state index contributed by atoms with van der Waals surface area (Å²) in [7, 11) is 0. The van der Waals surface area contributed by atoms with E-state index in [2.05, 4.69) is 62.0 Å². The molecule has 6 nitrogen and oxygen atoms in total.